The topological polar surface area (TPSA) is 135 Å². The quantitative estimate of drug-likeness (QED) is 0.0865. The predicted octanol–water partition coefficient (Wildman–Crippen LogP) is 10.1. The molecule has 2 aliphatic heterocycles. The zero-order valence-electron chi connectivity index (χ0n) is 33.3. The Hall–Kier alpha value is -3.13. The van der Waals surface area contributed by atoms with Crippen molar-refractivity contribution in [2.24, 2.45) is 4.99 Å². The molecule has 1 unspecified atom stereocenters. The molecule has 0 aromatic heterocycles. The van der Waals surface area contributed by atoms with E-state index in [2.05, 4.69) is 38.0 Å². The van der Waals surface area contributed by atoms with Crippen LogP contribution in [0.15, 0.2) is 57.2 Å². The first-order valence-corrected chi connectivity index (χ1v) is 22.4. The molecule has 304 valence electrons. The van der Waals surface area contributed by atoms with Crippen molar-refractivity contribution in [1.82, 2.24) is 9.21 Å². The molecule has 0 aliphatic carbocycles. The Bertz CT molecular complexity index is 1780. The van der Waals surface area contributed by atoms with Crippen LogP contribution in [0.5, 0.6) is 0 Å². The minimum absolute atomic E-state index is 0.0495. The van der Waals surface area contributed by atoms with E-state index in [4.69, 9.17) is 21.1 Å². The highest BCUT2D eigenvalue weighted by Gasteiger charge is 2.55. The van der Waals surface area contributed by atoms with Crippen molar-refractivity contribution in [2.45, 2.75) is 151 Å². The summed E-state index contributed by atoms with van der Waals surface area (Å²) in [6.45, 7) is 12.1. The number of nitrogens with zero attached hydrogens (tertiary/aromatic N) is 3. The van der Waals surface area contributed by atoms with Crippen LogP contribution in [0, 0.1) is 0 Å². The highest BCUT2D eigenvalue weighted by atomic mass is 35.5. The number of ether oxygens (including phenoxy) is 2. The van der Waals surface area contributed by atoms with Crippen LogP contribution in [0.1, 0.15) is 125 Å². The summed E-state index contributed by atoms with van der Waals surface area (Å²) in [6.07, 6.45) is 13.1. The SMILES string of the molecule is CCCCCCCCCCCCOCCCN1C(C(C(=O)Nc2cc(Cl)ccc2SC(C)(C)CCC)N2C(=O)OC(C)(C)C2=O)=Nc2ccccc2S1(=O)=O. The molecule has 2 aliphatic rings. The molecule has 4 rings (SSSR count). The van der Waals surface area contributed by atoms with Crippen LogP contribution in [-0.4, -0.2) is 77.5 Å². The third-order valence-corrected chi connectivity index (χ3v) is 13.1. The number of fused-ring (bicyclic) bond motifs is 1. The van der Waals surface area contributed by atoms with E-state index in [1.54, 1.807) is 42.1 Å². The number of anilines is 1. The Morgan fingerprint density at radius 1 is 0.945 bits per heavy atom. The van der Waals surface area contributed by atoms with E-state index in [0.717, 1.165) is 36.4 Å². The number of halogens is 1. The number of sulfonamides is 1. The van der Waals surface area contributed by atoms with Gasteiger partial charge in [0.15, 0.2) is 17.5 Å². The van der Waals surface area contributed by atoms with Crippen molar-refractivity contribution in [3.05, 3.63) is 47.5 Å². The third-order valence-electron chi connectivity index (χ3n) is 9.68. The van der Waals surface area contributed by atoms with E-state index >= 15 is 0 Å². The molecule has 1 atom stereocenters. The van der Waals surface area contributed by atoms with Crippen molar-refractivity contribution < 1.29 is 32.3 Å². The Balaban J connectivity index is 1.57. The Kier molecular flexibility index (Phi) is 16.5. The first-order valence-electron chi connectivity index (χ1n) is 19.8. The summed E-state index contributed by atoms with van der Waals surface area (Å²) in [5.74, 6) is -1.95. The van der Waals surface area contributed by atoms with Gasteiger partial charge in [-0.2, -0.15) is 0 Å². The minimum Gasteiger partial charge on any atom is -0.433 e. The van der Waals surface area contributed by atoms with Crippen molar-refractivity contribution in [1.29, 1.82) is 0 Å². The maximum Gasteiger partial charge on any atom is 0.418 e. The number of hydrogen-bond donors (Lipinski definition) is 1. The molecule has 1 fully saturated rings. The number of rotatable bonds is 23. The number of hydrogen-bond acceptors (Lipinski definition) is 9. The smallest absolute Gasteiger partial charge is 0.418 e. The number of aliphatic imine (C=N–C) groups is 1. The zero-order chi connectivity index (χ0) is 40.2. The van der Waals surface area contributed by atoms with Gasteiger partial charge >= 0.3 is 6.09 Å². The average Bonchev–Trinajstić information content (AvgIpc) is 3.32. The summed E-state index contributed by atoms with van der Waals surface area (Å²) < 4.78 is 40.8. The third kappa shape index (κ3) is 11.9. The van der Waals surface area contributed by atoms with Gasteiger partial charge in [-0.15, -0.1) is 11.8 Å². The lowest BCUT2D eigenvalue weighted by molar-refractivity contribution is -0.137. The van der Waals surface area contributed by atoms with Crippen LogP contribution in [-0.2, 0) is 29.1 Å². The number of amidine groups is 1. The molecule has 0 radical (unpaired) electrons. The lowest BCUT2D eigenvalue weighted by Gasteiger charge is -2.35. The van der Waals surface area contributed by atoms with E-state index in [1.165, 1.54) is 70.9 Å². The molecule has 2 aromatic rings. The van der Waals surface area contributed by atoms with Crippen LogP contribution in [0.4, 0.5) is 16.2 Å². The second-order valence-corrected chi connectivity index (χ2v) is 19.4. The van der Waals surface area contributed by atoms with Gasteiger partial charge in [-0.05, 0) is 63.4 Å². The highest BCUT2D eigenvalue weighted by Crippen LogP contribution is 2.41. The van der Waals surface area contributed by atoms with Gasteiger partial charge in [-0.3, -0.25) is 13.9 Å². The molecular formula is C41H59ClN4O7S2. The fourth-order valence-electron chi connectivity index (χ4n) is 6.82. The molecule has 3 amide bonds. The van der Waals surface area contributed by atoms with Gasteiger partial charge in [0.05, 0.1) is 11.4 Å². The van der Waals surface area contributed by atoms with Crippen molar-refractivity contribution in [3.63, 3.8) is 0 Å². The number of cyclic esters (lactones) is 1. The van der Waals surface area contributed by atoms with Crippen LogP contribution in [0.25, 0.3) is 0 Å². The number of imide groups is 1. The number of amides is 3. The van der Waals surface area contributed by atoms with Crippen LogP contribution in [0.3, 0.4) is 0 Å². The maximum atomic E-state index is 14.6. The first-order chi connectivity index (χ1) is 26.1. The molecule has 0 saturated carbocycles. The van der Waals surface area contributed by atoms with E-state index < -0.39 is 39.6 Å². The molecule has 11 nitrogen and oxygen atoms in total. The van der Waals surface area contributed by atoms with Gasteiger partial charge in [0.25, 0.3) is 21.8 Å². The summed E-state index contributed by atoms with van der Waals surface area (Å²) in [4.78, 5) is 47.9. The number of thioether (sulfide) groups is 1. The summed E-state index contributed by atoms with van der Waals surface area (Å²) in [5.41, 5.74) is -1.17. The highest BCUT2D eigenvalue weighted by molar-refractivity contribution is 8.00. The molecule has 0 bridgehead atoms. The second-order valence-electron chi connectivity index (χ2n) is 15.4. The van der Waals surface area contributed by atoms with Crippen LogP contribution in [0.2, 0.25) is 5.02 Å². The fourth-order valence-corrected chi connectivity index (χ4v) is 9.87. The Morgan fingerprint density at radius 2 is 1.58 bits per heavy atom. The Labute approximate surface area is 337 Å². The molecule has 55 heavy (non-hydrogen) atoms. The van der Waals surface area contributed by atoms with Gasteiger partial charge in [0, 0.05) is 34.4 Å². The molecular weight excluding hydrogens is 760 g/mol. The molecule has 1 N–H and O–H groups in total. The van der Waals surface area contributed by atoms with Gasteiger partial charge < -0.3 is 14.8 Å². The van der Waals surface area contributed by atoms with Gasteiger partial charge in [0.2, 0.25) is 0 Å². The molecule has 2 heterocycles. The summed E-state index contributed by atoms with van der Waals surface area (Å²) >= 11 is 7.97. The molecule has 0 spiro atoms. The summed E-state index contributed by atoms with van der Waals surface area (Å²) in [6, 6.07) is 9.49. The second kappa shape index (κ2) is 20.3. The maximum absolute atomic E-state index is 14.6. The molecule has 1 saturated heterocycles. The largest absolute Gasteiger partial charge is 0.433 e. The van der Waals surface area contributed by atoms with E-state index in [-0.39, 0.29) is 40.7 Å². The van der Waals surface area contributed by atoms with Gasteiger partial charge in [0.1, 0.15) is 4.90 Å². The van der Waals surface area contributed by atoms with Crippen molar-refractivity contribution in [2.75, 3.05) is 25.1 Å². The minimum atomic E-state index is -4.29. The standard InChI is InChI=1S/C41H59ClN4O7S2/c1-7-9-10-11-12-13-14-15-16-19-27-52-28-20-26-45-36(43-31-21-17-18-22-34(31)55(45,50)51)35(46-38(48)41(5,6)53-39(46)49)37(47)44-32-29-30(42)23-24-33(32)54-40(3,4)25-8-2/h17-18,21-24,29,35H,7-16,19-20,25-28H2,1-6H3,(H,44,47). The normalized spacial score (nSPS) is 16.8. The number of unbranched alkanes of at least 4 members (excludes halogenated alkanes) is 9. The van der Waals surface area contributed by atoms with Gasteiger partial charge in [-0.25, -0.2) is 23.1 Å². The van der Waals surface area contributed by atoms with E-state index in [9.17, 15) is 22.8 Å². The molecule has 14 heteroatoms. The van der Waals surface area contributed by atoms with Crippen molar-refractivity contribution in [3.8, 4) is 0 Å². The Morgan fingerprint density at radius 3 is 2.22 bits per heavy atom. The number of nitrogens with one attached hydrogen (secondary N) is 1. The van der Waals surface area contributed by atoms with E-state index in [0.29, 0.717) is 27.1 Å². The van der Waals surface area contributed by atoms with E-state index in [1.807, 2.05) is 0 Å². The van der Waals surface area contributed by atoms with Crippen molar-refractivity contribution >= 4 is 68.5 Å². The lowest BCUT2D eigenvalue weighted by Crippen LogP contribution is -2.59. The lowest BCUT2D eigenvalue weighted by atomic mass is 10.1. The number of carbonyl (C=O) groups excluding carboxylic acids is 3. The monoisotopic (exact) mass is 818 g/mol. The van der Waals surface area contributed by atoms with Crippen LogP contribution < -0.4 is 5.32 Å². The predicted molar refractivity (Wildman–Crippen MR) is 221 cm³/mol. The number of para-hydroxylation sites is 1. The van der Waals surface area contributed by atoms with Crippen LogP contribution >= 0.6 is 23.4 Å². The number of carbonyl (C=O) groups is 3. The molecule has 2 aromatic carbocycles. The first kappa shape index (κ1) is 44.6. The fraction of sp³-hybridized carbons (Fsp3) is 0.610. The zero-order valence-corrected chi connectivity index (χ0v) is 35.7. The summed E-state index contributed by atoms with van der Waals surface area (Å²) in [5, 5.41) is 3.23. The summed E-state index contributed by atoms with van der Waals surface area (Å²) in [7, 11) is -4.29. The van der Waals surface area contributed by atoms with Gasteiger partial charge in [-0.1, -0.05) is 116 Å². The average molecular weight is 820 g/mol. The number of benzene rings is 2.